The Balaban J connectivity index is 1.63. The van der Waals surface area contributed by atoms with Crippen LogP contribution < -0.4 is 10.6 Å². The number of aromatic nitrogens is 4. The van der Waals surface area contributed by atoms with Crippen molar-refractivity contribution >= 4 is 17.2 Å². The van der Waals surface area contributed by atoms with Crippen molar-refractivity contribution in [3.8, 4) is 11.4 Å². The van der Waals surface area contributed by atoms with Crippen molar-refractivity contribution in [2.45, 2.75) is 44.5 Å². The van der Waals surface area contributed by atoms with Crippen LogP contribution in [0.15, 0.2) is 36.8 Å². The summed E-state index contributed by atoms with van der Waals surface area (Å²) in [4.78, 5) is 21.7. The fourth-order valence-corrected chi connectivity index (χ4v) is 3.49. The molecule has 32 heavy (non-hydrogen) atoms. The summed E-state index contributed by atoms with van der Waals surface area (Å²) in [5.74, 6) is -0.471. The van der Waals surface area contributed by atoms with Gasteiger partial charge in [0.05, 0.1) is 35.3 Å². The lowest BCUT2D eigenvalue weighted by Crippen LogP contribution is -2.42. The molecule has 9 nitrogen and oxygen atoms in total. The molecule has 0 saturated carbocycles. The van der Waals surface area contributed by atoms with Gasteiger partial charge in [0.25, 0.3) is 5.91 Å². The summed E-state index contributed by atoms with van der Waals surface area (Å²) in [5.41, 5.74) is 1.31. The van der Waals surface area contributed by atoms with Gasteiger partial charge in [0.1, 0.15) is 11.9 Å². The van der Waals surface area contributed by atoms with E-state index in [1.807, 2.05) is 6.07 Å². The van der Waals surface area contributed by atoms with E-state index in [2.05, 4.69) is 25.7 Å². The van der Waals surface area contributed by atoms with E-state index in [9.17, 15) is 14.3 Å². The summed E-state index contributed by atoms with van der Waals surface area (Å²) in [6.07, 6.45) is 4.82. The van der Waals surface area contributed by atoms with E-state index in [0.717, 1.165) is 12.8 Å². The van der Waals surface area contributed by atoms with Gasteiger partial charge in [-0.2, -0.15) is 5.10 Å². The molecule has 3 N–H and O–H groups in total. The lowest BCUT2D eigenvalue weighted by atomic mass is 10.0. The summed E-state index contributed by atoms with van der Waals surface area (Å²) in [6.45, 7) is 3.70. The van der Waals surface area contributed by atoms with E-state index >= 15 is 0 Å². The van der Waals surface area contributed by atoms with Gasteiger partial charge in [-0.05, 0) is 44.9 Å². The zero-order valence-electron chi connectivity index (χ0n) is 18.1. The Labute approximate surface area is 185 Å². The molecule has 0 radical (unpaired) electrons. The first-order chi connectivity index (χ1) is 15.3. The summed E-state index contributed by atoms with van der Waals surface area (Å²) in [5, 5.41) is 20.1. The molecular formula is C22H27FN6O3. The fraction of sp³-hybridized carbons (Fsp3) is 0.455. The first kappa shape index (κ1) is 22.1. The van der Waals surface area contributed by atoms with E-state index < -0.39 is 17.7 Å². The van der Waals surface area contributed by atoms with Gasteiger partial charge >= 0.3 is 0 Å². The maximum atomic E-state index is 14.1. The first-order valence-electron chi connectivity index (χ1n) is 10.6. The van der Waals surface area contributed by atoms with Crippen LogP contribution in [-0.2, 0) is 4.74 Å². The number of halogens is 1. The van der Waals surface area contributed by atoms with Crippen LogP contribution in [0.4, 0.5) is 10.1 Å². The summed E-state index contributed by atoms with van der Waals surface area (Å²) >= 11 is 0. The van der Waals surface area contributed by atoms with E-state index in [1.54, 1.807) is 29.0 Å². The number of rotatable bonds is 7. The van der Waals surface area contributed by atoms with Crippen LogP contribution in [0.2, 0.25) is 0 Å². The molecule has 0 spiro atoms. The molecule has 1 unspecified atom stereocenters. The van der Waals surface area contributed by atoms with E-state index in [0.29, 0.717) is 41.5 Å². The van der Waals surface area contributed by atoms with Crippen molar-refractivity contribution in [2.75, 3.05) is 25.1 Å². The summed E-state index contributed by atoms with van der Waals surface area (Å²) in [6, 6.07) is 5.56. The largest absolute Gasteiger partial charge is 0.387 e. The maximum absolute atomic E-state index is 14.1. The molecule has 1 amide bonds. The highest BCUT2D eigenvalue weighted by Crippen LogP contribution is 2.26. The Hall–Kier alpha value is -3.11. The number of anilines is 1. The Morgan fingerprint density at radius 2 is 2.12 bits per heavy atom. The molecule has 0 aromatic carbocycles. The number of nitrogens with zero attached hydrogens (tertiary/aromatic N) is 4. The molecule has 1 aliphatic heterocycles. The Bertz CT molecular complexity index is 1090. The molecule has 0 bridgehead atoms. The number of hydrogen-bond acceptors (Lipinski definition) is 7. The summed E-state index contributed by atoms with van der Waals surface area (Å²) in [7, 11) is 0. The lowest BCUT2D eigenvalue weighted by Gasteiger charge is -2.26. The third-order valence-corrected chi connectivity index (χ3v) is 5.48. The van der Waals surface area contributed by atoms with Gasteiger partial charge in [0, 0.05) is 31.6 Å². The number of fused-ring (bicyclic) bond motifs is 1. The number of alkyl halides is 1. The van der Waals surface area contributed by atoms with Gasteiger partial charge in [-0.25, -0.2) is 13.9 Å². The van der Waals surface area contributed by atoms with Crippen LogP contribution in [0.25, 0.3) is 17.0 Å². The highest BCUT2D eigenvalue weighted by Gasteiger charge is 2.27. The molecule has 4 rings (SSSR count). The number of aliphatic hydroxyl groups is 1. The number of nitrogens with one attached hydrogen (secondary N) is 2. The van der Waals surface area contributed by atoms with E-state index in [4.69, 9.17) is 4.74 Å². The van der Waals surface area contributed by atoms with Crippen LogP contribution >= 0.6 is 0 Å². The van der Waals surface area contributed by atoms with Crippen LogP contribution in [-0.4, -0.2) is 68.2 Å². The maximum Gasteiger partial charge on any atom is 0.255 e. The van der Waals surface area contributed by atoms with Crippen molar-refractivity contribution in [1.29, 1.82) is 0 Å². The van der Waals surface area contributed by atoms with Gasteiger partial charge in [-0.3, -0.25) is 9.78 Å². The van der Waals surface area contributed by atoms with Crippen molar-refractivity contribution in [3.05, 3.63) is 42.4 Å². The second-order valence-corrected chi connectivity index (χ2v) is 8.41. The highest BCUT2D eigenvalue weighted by atomic mass is 19.1. The standard InChI is InChI=1S/C22H27FN6O3/c1-22(2,31)19(23)13-26-21(30)15-11-24-17(10-16(15)28-14-5-8-32-9-6-14)18-12-25-20-4-3-7-27-29(18)20/h3-4,7,10-12,14,19,31H,5-6,8-9,13H2,1-2H3,(H,24,28)(H,26,30). The van der Waals surface area contributed by atoms with Crippen molar-refractivity contribution in [2.24, 2.45) is 0 Å². The molecule has 170 valence electrons. The van der Waals surface area contributed by atoms with Crippen LogP contribution in [0.3, 0.4) is 0 Å². The number of imidazole rings is 1. The number of ether oxygens (including phenoxy) is 1. The second kappa shape index (κ2) is 9.17. The molecule has 10 heteroatoms. The molecule has 4 heterocycles. The van der Waals surface area contributed by atoms with Gasteiger partial charge in [0.2, 0.25) is 0 Å². The average Bonchev–Trinajstić information content (AvgIpc) is 3.21. The predicted octanol–water partition coefficient (Wildman–Crippen LogP) is 2.22. The molecule has 1 atom stereocenters. The molecule has 0 aliphatic carbocycles. The minimum absolute atomic E-state index is 0.135. The second-order valence-electron chi connectivity index (χ2n) is 8.41. The monoisotopic (exact) mass is 442 g/mol. The molecule has 1 saturated heterocycles. The normalized spacial score (nSPS) is 16.1. The number of amides is 1. The SMILES string of the molecule is CC(C)(O)C(F)CNC(=O)c1cnc(-c2cnc3cccnn23)cc1NC1CCOCC1. The minimum atomic E-state index is -1.60. The third-order valence-electron chi connectivity index (χ3n) is 5.48. The number of carbonyl (C=O) groups is 1. The molecule has 3 aromatic heterocycles. The molecular weight excluding hydrogens is 415 g/mol. The van der Waals surface area contributed by atoms with Gasteiger partial charge in [-0.15, -0.1) is 0 Å². The Morgan fingerprint density at radius 3 is 2.88 bits per heavy atom. The van der Waals surface area contributed by atoms with Gasteiger partial charge in [0.15, 0.2) is 5.65 Å². The minimum Gasteiger partial charge on any atom is -0.387 e. The number of hydrogen-bond donors (Lipinski definition) is 3. The van der Waals surface area contributed by atoms with Crippen LogP contribution in [0.5, 0.6) is 0 Å². The number of carbonyl (C=O) groups excluding carboxylic acids is 1. The van der Waals surface area contributed by atoms with Crippen LogP contribution in [0, 0.1) is 0 Å². The first-order valence-corrected chi connectivity index (χ1v) is 10.6. The quantitative estimate of drug-likeness (QED) is 0.514. The van der Waals surface area contributed by atoms with Crippen molar-refractivity contribution in [1.82, 2.24) is 24.9 Å². The van der Waals surface area contributed by atoms with Crippen molar-refractivity contribution in [3.63, 3.8) is 0 Å². The van der Waals surface area contributed by atoms with Crippen LogP contribution in [0.1, 0.15) is 37.0 Å². The average molecular weight is 442 g/mol. The molecule has 1 aliphatic rings. The molecule has 3 aromatic rings. The van der Waals surface area contributed by atoms with Gasteiger partial charge in [-0.1, -0.05) is 0 Å². The third kappa shape index (κ3) is 4.86. The predicted molar refractivity (Wildman–Crippen MR) is 117 cm³/mol. The van der Waals surface area contributed by atoms with E-state index in [1.165, 1.54) is 20.0 Å². The van der Waals surface area contributed by atoms with Crippen molar-refractivity contribution < 1.29 is 19.0 Å². The number of pyridine rings is 1. The zero-order valence-corrected chi connectivity index (χ0v) is 18.1. The Morgan fingerprint density at radius 1 is 1.34 bits per heavy atom. The van der Waals surface area contributed by atoms with Gasteiger partial charge < -0.3 is 20.5 Å². The summed E-state index contributed by atoms with van der Waals surface area (Å²) < 4.78 is 21.2. The highest BCUT2D eigenvalue weighted by molar-refractivity contribution is 6.00. The topological polar surface area (TPSA) is 114 Å². The van der Waals surface area contributed by atoms with E-state index in [-0.39, 0.29) is 12.6 Å². The zero-order chi connectivity index (χ0) is 22.7. The smallest absolute Gasteiger partial charge is 0.255 e. The fourth-order valence-electron chi connectivity index (χ4n) is 3.49. The lowest BCUT2D eigenvalue weighted by molar-refractivity contribution is -0.00177. The Kier molecular flexibility index (Phi) is 6.33. The molecule has 1 fully saturated rings.